The first-order chi connectivity index (χ1) is 16.3. The molecule has 10 unspecified atom stereocenters. The zero-order valence-electron chi connectivity index (χ0n) is 21.7. The molecule has 4 aliphatic carbocycles. The van der Waals surface area contributed by atoms with Gasteiger partial charge in [-0.05, 0) is 91.3 Å². The van der Waals surface area contributed by atoms with Crippen LogP contribution in [0.1, 0.15) is 73.1 Å². The van der Waals surface area contributed by atoms with Gasteiger partial charge in [0, 0.05) is 11.5 Å². The number of esters is 1. The summed E-state index contributed by atoms with van der Waals surface area (Å²) in [6, 6.07) is 0. The fourth-order valence-electron chi connectivity index (χ4n) is 8.37. The van der Waals surface area contributed by atoms with Crippen molar-refractivity contribution in [2.24, 2.45) is 34.5 Å². The van der Waals surface area contributed by atoms with E-state index in [1.54, 1.807) is 19.9 Å². The Kier molecular flexibility index (Phi) is 5.95. The van der Waals surface area contributed by atoms with Crippen LogP contribution in [-0.4, -0.2) is 56.4 Å². The molecule has 0 saturated heterocycles. The molecule has 194 valence electrons. The summed E-state index contributed by atoms with van der Waals surface area (Å²) >= 11 is 0. The Labute approximate surface area is 208 Å². The minimum atomic E-state index is -1.60. The first kappa shape index (κ1) is 25.2. The molecule has 1 heterocycles. The summed E-state index contributed by atoms with van der Waals surface area (Å²) in [6.07, 6.45) is 8.36. The first-order valence-electron chi connectivity index (χ1n) is 13.4. The average molecular weight is 487 g/mol. The smallest absolute Gasteiger partial charge is 0.334 e. The molecular weight excluding hydrogens is 444 g/mol. The highest BCUT2D eigenvalue weighted by Crippen LogP contribution is 2.65. The number of carbonyl (C=O) groups is 1. The van der Waals surface area contributed by atoms with E-state index in [0.717, 1.165) is 32.1 Å². The normalized spacial score (nSPS) is 45.4. The molecule has 5 rings (SSSR count). The average Bonchev–Trinajstić information content (AvgIpc) is 3.28. The Bertz CT molecular complexity index is 983. The van der Waals surface area contributed by atoms with E-state index < -0.39 is 35.8 Å². The van der Waals surface area contributed by atoms with Gasteiger partial charge < -0.3 is 25.2 Å². The predicted molar refractivity (Wildman–Crippen MR) is 132 cm³/mol. The van der Waals surface area contributed by atoms with Crippen LogP contribution in [-0.2, 0) is 9.53 Å². The number of hydrogen-bond acceptors (Lipinski definition) is 6. The van der Waals surface area contributed by atoms with Gasteiger partial charge in [0.2, 0.25) is 0 Å². The largest absolute Gasteiger partial charge is 0.452 e. The van der Waals surface area contributed by atoms with E-state index in [1.807, 2.05) is 0 Å². The maximum Gasteiger partial charge on any atom is 0.334 e. The summed E-state index contributed by atoms with van der Waals surface area (Å²) in [7, 11) is 0. The van der Waals surface area contributed by atoms with Crippen LogP contribution in [0.25, 0.3) is 0 Å². The SMILES string of the molecule is CC(C)C(O)(C(C)O)C1C=C(C2C(O)CC3C4=CCC5CC(O)CCC5(C)C4=CCC32C)C(=O)O1. The number of carbonyl (C=O) groups excluding carboxylic acids is 1. The first-order valence-corrected chi connectivity index (χ1v) is 13.4. The number of aliphatic hydroxyl groups is 4. The molecule has 10 atom stereocenters. The molecule has 0 amide bonds. The number of fused-ring (bicyclic) bond motifs is 5. The lowest BCUT2D eigenvalue weighted by molar-refractivity contribution is -0.175. The van der Waals surface area contributed by atoms with Gasteiger partial charge in [0.1, 0.15) is 5.60 Å². The van der Waals surface area contributed by atoms with Gasteiger partial charge >= 0.3 is 5.97 Å². The van der Waals surface area contributed by atoms with E-state index >= 15 is 0 Å². The summed E-state index contributed by atoms with van der Waals surface area (Å²) in [4.78, 5) is 13.1. The van der Waals surface area contributed by atoms with Gasteiger partial charge in [-0.3, -0.25) is 0 Å². The Morgan fingerprint density at radius 2 is 1.83 bits per heavy atom. The van der Waals surface area contributed by atoms with Crippen molar-refractivity contribution < 1.29 is 30.0 Å². The molecule has 0 aromatic carbocycles. The molecule has 1 aliphatic heterocycles. The summed E-state index contributed by atoms with van der Waals surface area (Å²) in [5.74, 6) is -0.645. The molecule has 4 N–H and O–H groups in total. The van der Waals surface area contributed by atoms with Crippen molar-refractivity contribution in [1.29, 1.82) is 0 Å². The monoisotopic (exact) mass is 486 g/mol. The van der Waals surface area contributed by atoms with Gasteiger partial charge in [0.15, 0.2) is 6.10 Å². The molecule has 35 heavy (non-hydrogen) atoms. The van der Waals surface area contributed by atoms with Crippen LogP contribution in [0.15, 0.2) is 34.9 Å². The number of allylic oxidation sites excluding steroid dienone is 4. The van der Waals surface area contributed by atoms with Crippen molar-refractivity contribution in [3.8, 4) is 0 Å². The van der Waals surface area contributed by atoms with Crippen LogP contribution >= 0.6 is 0 Å². The zero-order chi connectivity index (χ0) is 25.5. The maximum atomic E-state index is 13.1. The molecule has 0 spiro atoms. The van der Waals surface area contributed by atoms with Crippen LogP contribution in [0.2, 0.25) is 0 Å². The lowest BCUT2D eigenvalue weighted by Gasteiger charge is -2.53. The van der Waals surface area contributed by atoms with Gasteiger partial charge in [-0.15, -0.1) is 0 Å². The summed E-state index contributed by atoms with van der Waals surface area (Å²) < 4.78 is 5.64. The van der Waals surface area contributed by atoms with Crippen molar-refractivity contribution >= 4 is 5.97 Å². The highest BCUT2D eigenvalue weighted by molar-refractivity contribution is 5.92. The molecule has 2 saturated carbocycles. The van der Waals surface area contributed by atoms with Gasteiger partial charge in [-0.1, -0.05) is 39.8 Å². The van der Waals surface area contributed by atoms with Gasteiger partial charge in [-0.25, -0.2) is 4.79 Å². The quantitative estimate of drug-likeness (QED) is 0.454. The molecule has 2 fully saturated rings. The van der Waals surface area contributed by atoms with E-state index in [0.29, 0.717) is 17.9 Å². The standard InChI is InChI=1S/C29H42O6/c1-15(2)29(34,16(3)30)24-13-20(26(33)35-24)25-23(32)14-22-19-7-6-17-12-18(31)8-10-27(17,4)21(19)9-11-28(22,25)5/h7,9,13,15-18,22-25,30-32,34H,6,8,10-12,14H2,1-5H3. The lowest BCUT2D eigenvalue weighted by atomic mass is 9.52. The number of aliphatic hydroxyl groups excluding tert-OH is 3. The molecule has 5 aliphatic rings. The Morgan fingerprint density at radius 1 is 1.11 bits per heavy atom. The van der Waals surface area contributed by atoms with Crippen molar-refractivity contribution in [3.05, 3.63) is 34.9 Å². The molecule has 0 aromatic heterocycles. The number of rotatable bonds is 4. The minimum Gasteiger partial charge on any atom is -0.452 e. The fourth-order valence-corrected chi connectivity index (χ4v) is 8.37. The Balaban J connectivity index is 1.50. The second-order valence-corrected chi connectivity index (χ2v) is 12.8. The van der Waals surface area contributed by atoms with E-state index in [1.165, 1.54) is 18.1 Å². The van der Waals surface area contributed by atoms with Crippen molar-refractivity contribution in [2.75, 3.05) is 0 Å². The highest BCUT2D eigenvalue weighted by Gasteiger charge is 2.60. The number of cyclic esters (lactones) is 1. The zero-order valence-corrected chi connectivity index (χ0v) is 21.7. The van der Waals surface area contributed by atoms with E-state index in [2.05, 4.69) is 26.0 Å². The van der Waals surface area contributed by atoms with E-state index in [4.69, 9.17) is 4.74 Å². The van der Waals surface area contributed by atoms with Gasteiger partial charge in [-0.2, -0.15) is 0 Å². The number of ether oxygens (including phenoxy) is 1. The molecule has 6 heteroatoms. The Morgan fingerprint density at radius 3 is 2.49 bits per heavy atom. The summed E-state index contributed by atoms with van der Waals surface area (Å²) in [6.45, 7) is 9.64. The molecule has 0 radical (unpaired) electrons. The van der Waals surface area contributed by atoms with Gasteiger partial charge in [0.05, 0.1) is 18.3 Å². The van der Waals surface area contributed by atoms with Crippen LogP contribution in [0, 0.1) is 34.5 Å². The molecule has 6 nitrogen and oxygen atoms in total. The Hall–Kier alpha value is -1.47. The third kappa shape index (κ3) is 3.47. The summed E-state index contributed by atoms with van der Waals surface area (Å²) in [5, 5.41) is 43.2. The van der Waals surface area contributed by atoms with E-state index in [9.17, 15) is 25.2 Å². The second kappa shape index (κ2) is 8.27. The third-order valence-electron chi connectivity index (χ3n) is 10.7. The van der Waals surface area contributed by atoms with Crippen LogP contribution in [0.3, 0.4) is 0 Å². The van der Waals surface area contributed by atoms with Crippen molar-refractivity contribution in [3.63, 3.8) is 0 Å². The predicted octanol–water partition coefficient (Wildman–Crippen LogP) is 3.44. The molecular formula is C29H42O6. The highest BCUT2D eigenvalue weighted by atomic mass is 16.6. The summed E-state index contributed by atoms with van der Waals surface area (Å²) in [5.41, 5.74) is 1.26. The van der Waals surface area contributed by atoms with Crippen molar-refractivity contribution in [1.82, 2.24) is 0 Å². The van der Waals surface area contributed by atoms with Crippen LogP contribution < -0.4 is 0 Å². The van der Waals surface area contributed by atoms with Crippen LogP contribution in [0.5, 0.6) is 0 Å². The fraction of sp³-hybridized carbons (Fsp3) is 0.759. The topological polar surface area (TPSA) is 107 Å². The minimum absolute atomic E-state index is 0.0509. The van der Waals surface area contributed by atoms with Crippen molar-refractivity contribution in [2.45, 2.75) is 103 Å². The third-order valence-corrected chi connectivity index (χ3v) is 10.7. The van der Waals surface area contributed by atoms with Gasteiger partial charge in [0.25, 0.3) is 0 Å². The second-order valence-electron chi connectivity index (χ2n) is 12.8. The number of hydrogen-bond donors (Lipinski definition) is 4. The van der Waals surface area contributed by atoms with Crippen LogP contribution in [0.4, 0.5) is 0 Å². The van der Waals surface area contributed by atoms with E-state index in [-0.39, 0.29) is 28.8 Å². The molecule has 0 bridgehead atoms. The molecule has 0 aromatic rings. The lowest BCUT2D eigenvalue weighted by Crippen LogP contribution is -2.54. The maximum absolute atomic E-state index is 13.1.